The third kappa shape index (κ3) is 3.18. The molecule has 0 unspecified atom stereocenters. The van der Waals surface area contributed by atoms with E-state index in [0.29, 0.717) is 5.88 Å². The Labute approximate surface area is 135 Å². The highest BCUT2D eigenvalue weighted by atomic mass is 16.5. The molecule has 0 aliphatic rings. The number of rotatable bonds is 5. The molecule has 2 heterocycles. The lowest BCUT2D eigenvalue weighted by Crippen LogP contribution is -2.07. The van der Waals surface area contributed by atoms with Crippen molar-refractivity contribution in [3.05, 3.63) is 55.0 Å². The van der Waals surface area contributed by atoms with Gasteiger partial charge in [0.15, 0.2) is 0 Å². The van der Waals surface area contributed by atoms with Gasteiger partial charge in [0, 0.05) is 32.5 Å². The monoisotopic (exact) mass is 308 g/mol. The van der Waals surface area contributed by atoms with Gasteiger partial charge in [-0.1, -0.05) is 12.2 Å². The lowest BCUT2D eigenvalue weighted by molar-refractivity contribution is 0.468. The molecule has 0 atom stereocenters. The lowest BCUT2D eigenvalue weighted by Gasteiger charge is -2.13. The fraction of sp³-hybridized carbons (Fsp3) is 0.222. The van der Waals surface area contributed by atoms with Crippen molar-refractivity contribution >= 4 is 16.7 Å². The summed E-state index contributed by atoms with van der Waals surface area (Å²) >= 11 is 0. The number of fused-ring (bicyclic) bond motifs is 1. The van der Waals surface area contributed by atoms with E-state index in [-0.39, 0.29) is 0 Å². The van der Waals surface area contributed by atoms with Crippen LogP contribution in [0.15, 0.2) is 55.0 Å². The highest BCUT2D eigenvalue weighted by Gasteiger charge is 2.10. The minimum absolute atomic E-state index is 0.563. The summed E-state index contributed by atoms with van der Waals surface area (Å²) in [6.45, 7) is 6.68. The molecule has 0 amide bonds. The third-order valence-electron chi connectivity index (χ3n) is 3.53. The second kappa shape index (κ2) is 6.12. The number of hydrogen-bond acceptors (Lipinski definition) is 4. The van der Waals surface area contributed by atoms with E-state index < -0.39 is 0 Å². The summed E-state index contributed by atoms with van der Waals surface area (Å²) in [6, 6.07) is 9.88. The van der Waals surface area contributed by atoms with Gasteiger partial charge in [-0.05, 0) is 37.3 Å². The SMILES string of the molecule is C=C(C)Cn1ccc2c(Oc3ccc(N(C)C)cc3)ncnc21. The summed E-state index contributed by atoms with van der Waals surface area (Å²) in [4.78, 5) is 10.7. The molecule has 3 aromatic rings. The maximum absolute atomic E-state index is 5.94. The van der Waals surface area contributed by atoms with Gasteiger partial charge in [0.05, 0.1) is 5.39 Å². The van der Waals surface area contributed by atoms with Gasteiger partial charge >= 0.3 is 0 Å². The normalized spacial score (nSPS) is 10.7. The molecule has 23 heavy (non-hydrogen) atoms. The van der Waals surface area contributed by atoms with Crippen LogP contribution >= 0.6 is 0 Å². The van der Waals surface area contributed by atoms with E-state index in [1.165, 1.54) is 6.33 Å². The van der Waals surface area contributed by atoms with Crippen LogP contribution in [0.25, 0.3) is 11.0 Å². The summed E-state index contributed by atoms with van der Waals surface area (Å²) in [6.07, 6.45) is 3.51. The van der Waals surface area contributed by atoms with Crippen molar-refractivity contribution < 1.29 is 4.74 Å². The Morgan fingerprint density at radius 1 is 1.17 bits per heavy atom. The van der Waals surface area contributed by atoms with Gasteiger partial charge in [-0.3, -0.25) is 0 Å². The van der Waals surface area contributed by atoms with Crippen molar-refractivity contribution in [1.82, 2.24) is 14.5 Å². The van der Waals surface area contributed by atoms with E-state index in [0.717, 1.165) is 34.6 Å². The Balaban J connectivity index is 1.91. The Kier molecular flexibility index (Phi) is 4.02. The van der Waals surface area contributed by atoms with Crippen molar-refractivity contribution in [2.75, 3.05) is 19.0 Å². The summed E-state index contributed by atoms with van der Waals surface area (Å²) in [5.41, 5.74) is 3.04. The molecule has 5 nitrogen and oxygen atoms in total. The molecule has 0 radical (unpaired) electrons. The molecule has 0 N–H and O–H groups in total. The molecule has 118 valence electrons. The van der Waals surface area contributed by atoms with Crippen LogP contribution in [-0.2, 0) is 6.54 Å². The van der Waals surface area contributed by atoms with E-state index in [1.54, 1.807) is 0 Å². The third-order valence-corrected chi connectivity index (χ3v) is 3.53. The fourth-order valence-corrected chi connectivity index (χ4v) is 2.40. The van der Waals surface area contributed by atoms with Crippen LogP contribution in [0.3, 0.4) is 0 Å². The van der Waals surface area contributed by atoms with Gasteiger partial charge in [0.1, 0.15) is 17.7 Å². The van der Waals surface area contributed by atoms with E-state index in [2.05, 4.69) is 16.5 Å². The smallest absolute Gasteiger partial charge is 0.231 e. The van der Waals surface area contributed by atoms with Gasteiger partial charge in [-0.15, -0.1) is 0 Å². The maximum Gasteiger partial charge on any atom is 0.231 e. The first-order valence-corrected chi connectivity index (χ1v) is 7.44. The number of aromatic nitrogens is 3. The average molecular weight is 308 g/mol. The van der Waals surface area contributed by atoms with Crippen LogP contribution in [0, 0.1) is 0 Å². The molecule has 0 bridgehead atoms. The van der Waals surface area contributed by atoms with Gasteiger partial charge in [-0.25, -0.2) is 9.97 Å². The Hall–Kier alpha value is -2.82. The Morgan fingerprint density at radius 3 is 2.57 bits per heavy atom. The average Bonchev–Trinajstić information content (AvgIpc) is 2.91. The molecule has 0 aliphatic heterocycles. The number of anilines is 1. The number of allylic oxidation sites excluding steroid dienone is 1. The second-order valence-electron chi connectivity index (χ2n) is 5.81. The molecule has 0 saturated heterocycles. The molecule has 2 aromatic heterocycles. The topological polar surface area (TPSA) is 43.2 Å². The number of ether oxygens (including phenoxy) is 1. The van der Waals surface area contributed by atoms with Crippen LogP contribution < -0.4 is 9.64 Å². The molecule has 0 saturated carbocycles. The Morgan fingerprint density at radius 2 is 1.91 bits per heavy atom. The van der Waals surface area contributed by atoms with Crippen LogP contribution in [-0.4, -0.2) is 28.6 Å². The minimum Gasteiger partial charge on any atom is -0.438 e. The van der Waals surface area contributed by atoms with Gasteiger partial charge in [0.25, 0.3) is 0 Å². The van der Waals surface area contributed by atoms with E-state index in [1.807, 2.05) is 67.0 Å². The minimum atomic E-state index is 0.563. The lowest BCUT2D eigenvalue weighted by atomic mass is 10.3. The van der Waals surface area contributed by atoms with Crippen molar-refractivity contribution in [3.63, 3.8) is 0 Å². The summed E-state index contributed by atoms with van der Waals surface area (Å²) in [5.74, 6) is 1.32. The summed E-state index contributed by atoms with van der Waals surface area (Å²) in [7, 11) is 4.02. The van der Waals surface area contributed by atoms with Crippen LogP contribution in [0.4, 0.5) is 5.69 Å². The maximum atomic E-state index is 5.94. The Bertz CT molecular complexity index is 834. The first kappa shape index (κ1) is 15.1. The first-order chi connectivity index (χ1) is 11.0. The number of nitrogens with zero attached hydrogens (tertiary/aromatic N) is 4. The van der Waals surface area contributed by atoms with Crippen LogP contribution in [0.2, 0.25) is 0 Å². The van der Waals surface area contributed by atoms with Gasteiger partial charge < -0.3 is 14.2 Å². The van der Waals surface area contributed by atoms with Crippen molar-refractivity contribution in [3.8, 4) is 11.6 Å². The number of benzene rings is 1. The number of hydrogen-bond donors (Lipinski definition) is 0. The molecular weight excluding hydrogens is 288 g/mol. The van der Waals surface area contributed by atoms with Crippen molar-refractivity contribution in [1.29, 1.82) is 0 Å². The predicted octanol–water partition coefficient (Wildman–Crippen LogP) is 3.87. The van der Waals surface area contributed by atoms with Crippen molar-refractivity contribution in [2.45, 2.75) is 13.5 Å². The van der Waals surface area contributed by atoms with Gasteiger partial charge in [0.2, 0.25) is 5.88 Å². The zero-order chi connectivity index (χ0) is 16.4. The largest absolute Gasteiger partial charge is 0.438 e. The molecule has 0 fully saturated rings. The van der Waals surface area contributed by atoms with Gasteiger partial charge in [-0.2, -0.15) is 0 Å². The van der Waals surface area contributed by atoms with Crippen LogP contribution in [0.1, 0.15) is 6.92 Å². The molecular formula is C18H20N4O. The molecule has 1 aromatic carbocycles. The summed E-state index contributed by atoms with van der Waals surface area (Å²) < 4.78 is 7.98. The quantitative estimate of drug-likeness (QED) is 0.671. The van der Waals surface area contributed by atoms with E-state index in [9.17, 15) is 0 Å². The van der Waals surface area contributed by atoms with E-state index >= 15 is 0 Å². The molecule has 5 heteroatoms. The van der Waals surface area contributed by atoms with E-state index in [4.69, 9.17) is 4.74 Å². The summed E-state index contributed by atoms with van der Waals surface area (Å²) in [5, 5.41) is 0.894. The zero-order valence-corrected chi connectivity index (χ0v) is 13.7. The second-order valence-corrected chi connectivity index (χ2v) is 5.81. The molecule has 0 spiro atoms. The zero-order valence-electron chi connectivity index (χ0n) is 13.7. The van der Waals surface area contributed by atoms with Crippen molar-refractivity contribution in [2.24, 2.45) is 0 Å². The fourth-order valence-electron chi connectivity index (χ4n) is 2.40. The highest BCUT2D eigenvalue weighted by Crippen LogP contribution is 2.28. The predicted molar refractivity (Wildman–Crippen MR) is 93.2 cm³/mol. The molecule has 3 rings (SSSR count). The highest BCUT2D eigenvalue weighted by molar-refractivity contribution is 5.81. The molecule has 0 aliphatic carbocycles. The van der Waals surface area contributed by atoms with Crippen LogP contribution in [0.5, 0.6) is 11.6 Å². The standard InChI is InChI=1S/C18H20N4O/c1-13(2)11-22-10-9-16-17(22)19-12-20-18(16)23-15-7-5-14(6-8-15)21(3)4/h5-10,12H,1,11H2,2-4H3. The first-order valence-electron chi connectivity index (χ1n) is 7.44.